The van der Waals surface area contributed by atoms with Crippen molar-refractivity contribution in [3.8, 4) is 6.07 Å². The van der Waals surface area contributed by atoms with Gasteiger partial charge in [0.1, 0.15) is 24.1 Å². The van der Waals surface area contributed by atoms with Crippen LogP contribution >= 0.6 is 0 Å². The van der Waals surface area contributed by atoms with Crippen LogP contribution in [-0.2, 0) is 11.3 Å². The maximum Gasteiger partial charge on any atom is 0.244 e. The lowest BCUT2D eigenvalue weighted by atomic mass is 10.2. The molecule has 2 aromatic rings. The van der Waals surface area contributed by atoms with Crippen molar-refractivity contribution in [2.24, 2.45) is 0 Å². The van der Waals surface area contributed by atoms with E-state index >= 15 is 0 Å². The third-order valence-corrected chi connectivity index (χ3v) is 2.54. The van der Waals surface area contributed by atoms with Crippen LogP contribution in [0.3, 0.4) is 0 Å². The number of aromatic nitrogens is 1. The van der Waals surface area contributed by atoms with Crippen molar-refractivity contribution in [2.45, 2.75) is 6.54 Å². The highest BCUT2D eigenvalue weighted by molar-refractivity contribution is 5.91. The SMILES string of the molecule is N#Cc1cccn1CC(=O)Nc1ccc(F)c(N)c1. The quantitative estimate of drug-likeness (QED) is 0.822. The number of benzene rings is 1. The number of halogens is 1. The second-order valence-electron chi connectivity index (χ2n) is 3.92. The molecule has 0 fully saturated rings. The Bertz CT molecular complexity index is 657. The molecule has 1 heterocycles. The van der Waals surface area contributed by atoms with Gasteiger partial charge in [-0.2, -0.15) is 5.26 Å². The summed E-state index contributed by atoms with van der Waals surface area (Å²) in [5.74, 6) is -0.853. The van der Waals surface area contributed by atoms with Crippen LogP contribution in [0.15, 0.2) is 36.5 Å². The lowest BCUT2D eigenvalue weighted by Crippen LogP contribution is -2.19. The van der Waals surface area contributed by atoms with Gasteiger partial charge in [0.05, 0.1) is 5.69 Å². The van der Waals surface area contributed by atoms with Crippen LogP contribution in [0.25, 0.3) is 0 Å². The zero-order valence-corrected chi connectivity index (χ0v) is 9.93. The molecule has 0 aliphatic heterocycles. The molecule has 1 aromatic heterocycles. The van der Waals surface area contributed by atoms with Crippen molar-refractivity contribution >= 4 is 17.3 Å². The number of nitrogens with zero attached hydrogens (tertiary/aromatic N) is 2. The summed E-state index contributed by atoms with van der Waals surface area (Å²) in [6.07, 6.45) is 1.64. The number of amides is 1. The second kappa shape index (κ2) is 5.23. The fourth-order valence-electron chi connectivity index (χ4n) is 1.63. The number of nitrogens with two attached hydrogens (primary N) is 1. The van der Waals surface area contributed by atoms with E-state index in [1.165, 1.54) is 22.8 Å². The molecule has 0 atom stereocenters. The van der Waals surface area contributed by atoms with Gasteiger partial charge in [0.25, 0.3) is 0 Å². The number of anilines is 2. The third-order valence-electron chi connectivity index (χ3n) is 2.54. The Hall–Kier alpha value is -2.81. The molecule has 0 aliphatic rings. The molecular formula is C13H11FN4O. The first kappa shape index (κ1) is 12.6. The molecule has 6 heteroatoms. The standard InChI is InChI=1S/C13H11FN4O/c14-11-4-3-9(6-12(11)16)17-13(19)8-18-5-1-2-10(18)7-15/h1-6H,8,16H2,(H,17,19). The minimum atomic E-state index is -0.532. The minimum Gasteiger partial charge on any atom is -0.396 e. The van der Waals surface area contributed by atoms with E-state index in [2.05, 4.69) is 5.32 Å². The molecule has 19 heavy (non-hydrogen) atoms. The smallest absolute Gasteiger partial charge is 0.244 e. The highest BCUT2D eigenvalue weighted by atomic mass is 19.1. The fraction of sp³-hybridized carbons (Fsp3) is 0.0769. The second-order valence-corrected chi connectivity index (χ2v) is 3.92. The van der Waals surface area contributed by atoms with Crippen LogP contribution in [0, 0.1) is 17.1 Å². The van der Waals surface area contributed by atoms with Gasteiger partial charge in [0.2, 0.25) is 5.91 Å². The molecule has 3 N–H and O–H groups in total. The monoisotopic (exact) mass is 258 g/mol. The van der Waals surface area contributed by atoms with Gasteiger partial charge >= 0.3 is 0 Å². The van der Waals surface area contributed by atoms with Crippen LogP contribution < -0.4 is 11.1 Å². The van der Waals surface area contributed by atoms with Crippen molar-refractivity contribution in [2.75, 3.05) is 11.1 Å². The third kappa shape index (κ3) is 2.90. The van der Waals surface area contributed by atoms with Crippen molar-refractivity contribution < 1.29 is 9.18 Å². The zero-order chi connectivity index (χ0) is 13.8. The van der Waals surface area contributed by atoms with Gasteiger partial charge in [-0.25, -0.2) is 4.39 Å². The maximum absolute atomic E-state index is 13.0. The summed E-state index contributed by atoms with van der Waals surface area (Å²) in [5, 5.41) is 11.4. The number of rotatable bonds is 3. The molecule has 0 spiro atoms. The number of nitrogens with one attached hydrogen (secondary N) is 1. The van der Waals surface area contributed by atoms with E-state index in [1.807, 2.05) is 6.07 Å². The molecule has 1 amide bonds. The Labute approximate surface area is 109 Å². The molecule has 2 rings (SSSR count). The highest BCUT2D eigenvalue weighted by Crippen LogP contribution is 2.16. The van der Waals surface area contributed by atoms with Gasteiger partial charge in [-0.05, 0) is 30.3 Å². The van der Waals surface area contributed by atoms with Gasteiger partial charge in [-0.1, -0.05) is 0 Å². The number of carbonyl (C=O) groups is 1. The summed E-state index contributed by atoms with van der Waals surface area (Å²) in [6, 6.07) is 9.22. The van der Waals surface area contributed by atoms with Crippen LogP contribution in [0.5, 0.6) is 0 Å². The summed E-state index contributed by atoms with van der Waals surface area (Å²) >= 11 is 0. The normalized spacial score (nSPS) is 9.89. The van der Waals surface area contributed by atoms with Crippen molar-refractivity contribution in [1.82, 2.24) is 4.57 Å². The predicted molar refractivity (Wildman–Crippen MR) is 68.6 cm³/mol. The van der Waals surface area contributed by atoms with Crippen LogP contribution in [0.1, 0.15) is 5.69 Å². The van der Waals surface area contributed by atoms with Crippen LogP contribution in [0.4, 0.5) is 15.8 Å². The first-order valence-corrected chi connectivity index (χ1v) is 5.50. The van der Waals surface area contributed by atoms with E-state index in [0.717, 1.165) is 0 Å². The highest BCUT2D eigenvalue weighted by Gasteiger charge is 2.07. The molecule has 0 saturated heterocycles. The maximum atomic E-state index is 13.0. The summed E-state index contributed by atoms with van der Waals surface area (Å²) in [7, 11) is 0. The number of nitrogen functional groups attached to an aromatic ring is 1. The molecule has 5 nitrogen and oxygen atoms in total. The Kier molecular flexibility index (Phi) is 3.48. The lowest BCUT2D eigenvalue weighted by molar-refractivity contribution is -0.116. The van der Waals surface area contributed by atoms with E-state index in [4.69, 9.17) is 11.0 Å². The summed E-state index contributed by atoms with van der Waals surface area (Å²) in [4.78, 5) is 11.8. The zero-order valence-electron chi connectivity index (χ0n) is 9.93. The van der Waals surface area contributed by atoms with Crippen molar-refractivity contribution in [3.63, 3.8) is 0 Å². The predicted octanol–water partition coefficient (Wildman–Crippen LogP) is 1.72. The van der Waals surface area contributed by atoms with E-state index < -0.39 is 5.82 Å². The van der Waals surface area contributed by atoms with Gasteiger partial charge < -0.3 is 15.6 Å². The average Bonchev–Trinajstić information content (AvgIpc) is 2.81. The summed E-state index contributed by atoms with van der Waals surface area (Å²) in [5.41, 5.74) is 6.18. The fourth-order valence-corrected chi connectivity index (χ4v) is 1.63. The van der Waals surface area contributed by atoms with Crippen LogP contribution in [-0.4, -0.2) is 10.5 Å². The molecule has 0 unspecified atom stereocenters. The molecular weight excluding hydrogens is 247 g/mol. The molecule has 1 aromatic carbocycles. The number of hydrogen-bond donors (Lipinski definition) is 2. The summed E-state index contributed by atoms with van der Waals surface area (Å²) in [6.45, 7) is 0.00712. The average molecular weight is 258 g/mol. The van der Waals surface area contributed by atoms with Gasteiger partial charge in [0.15, 0.2) is 0 Å². The Morgan fingerprint density at radius 1 is 1.47 bits per heavy atom. The molecule has 0 aliphatic carbocycles. The first-order valence-electron chi connectivity index (χ1n) is 5.50. The Morgan fingerprint density at radius 2 is 2.26 bits per heavy atom. The summed E-state index contributed by atoms with van der Waals surface area (Å²) < 4.78 is 14.5. The van der Waals surface area contributed by atoms with Gasteiger partial charge in [-0.15, -0.1) is 0 Å². The Balaban J connectivity index is 2.06. The molecule has 0 radical (unpaired) electrons. The van der Waals surface area contributed by atoms with Crippen LogP contribution in [0.2, 0.25) is 0 Å². The number of carbonyl (C=O) groups excluding carboxylic acids is 1. The van der Waals surface area contributed by atoms with Gasteiger partial charge in [-0.3, -0.25) is 4.79 Å². The van der Waals surface area contributed by atoms with Crippen molar-refractivity contribution in [3.05, 3.63) is 48.0 Å². The van der Waals surface area contributed by atoms with Gasteiger partial charge in [0, 0.05) is 11.9 Å². The molecule has 96 valence electrons. The minimum absolute atomic E-state index is 0.00712. The molecule has 0 bridgehead atoms. The van der Waals surface area contributed by atoms with Crippen molar-refractivity contribution in [1.29, 1.82) is 5.26 Å². The topological polar surface area (TPSA) is 83.8 Å². The van der Waals surface area contributed by atoms with E-state index in [1.54, 1.807) is 18.3 Å². The largest absolute Gasteiger partial charge is 0.396 e. The van der Waals surface area contributed by atoms with E-state index in [0.29, 0.717) is 11.4 Å². The van der Waals surface area contributed by atoms with E-state index in [9.17, 15) is 9.18 Å². The lowest BCUT2D eigenvalue weighted by Gasteiger charge is -2.08. The Morgan fingerprint density at radius 3 is 2.95 bits per heavy atom. The van der Waals surface area contributed by atoms with E-state index in [-0.39, 0.29) is 18.1 Å². The molecule has 0 saturated carbocycles. The number of nitriles is 1. The number of hydrogen-bond acceptors (Lipinski definition) is 3. The first-order chi connectivity index (χ1) is 9.10.